The summed E-state index contributed by atoms with van der Waals surface area (Å²) in [6.07, 6.45) is 1.85. The summed E-state index contributed by atoms with van der Waals surface area (Å²) in [4.78, 5) is 0.184. The second-order valence-corrected chi connectivity index (χ2v) is 7.35. The zero-order chi connectivity index (χ0) is 14.2. The number of hydrogen-bond acceptors (Lipinski definition) is 4. The molecule has 0 amide bonds. The first-order chi connectivity index (χ1) is 8.86. The van der Waals surface area contributed by atoms with Crippen LogP contribution < -0.4 is 0 Å². The molecule has 0 aromatic carbocycles. The number of hydrogen-bond donors (Lipinski definition) is 1. The average molecular weight is 287 g/mol. The Labute approximate surface area is 114 Å². The van der Waals surface area contributed by atoms with Gasteiger partial charge in [-0.3, -0.25) is 0 Å². The number of sulfonamides is 1. The van der Waals surface area contributed by atoms with Crippen molar-refractivity contribution in [2.75, 3.05) is 6.54 Å². The van der Waals surface area contributed by atoms with Gasteiger partial charge in [0.1, 0.15) is 23.0 Å². The Bertz CT molecular complexity index is 543. The van der Waals surface area contributed by atoms with Crippen molar-refractivity contribution in [2.24, 2.45) is 5.92 Å². The lowest BCUT2D eigenvalue weighted by atomic mass is 10.2. The number of nitrogens with zero attached hydrogens (tertiary/aromatic N) is 1. The van der Waals surface area contributed by atoms with Gasteiger partial charge in [0.15, 0.2) is 0 Å². The summed E-state index contributed by atoms with van der Waals surface area (Å²) in [6.45, 7) is 5.86. The van der Waals surface area contributed by atoms with Gasteiger partial charge in [0, 0.05) is 18.7 Å². The molecule has 0 saturated heterocycles. The molecule has 108 valence electrons. The van der Waals surface area contributed by atoms with Crippen LogP contribution in [-0.4, -0.2) is 30.4 Å². The molecule has 0 radical (unpaired) electrons. The predicted molar refractivity (Wildman–Crippen MR) is 71.1 cm³/mol. The highest BCUT2D eigenvalue weighted by atomic mass is 32.2. The van der Waals surface area contributed by atoms with E-state index in [2.05, 4.69) is 0 Å². The van der Waals surface area contributed by atoms with Gasteiger partial charge in [-0.15, -0.1) is 0 Å². The summed E-state index contributed by atoms with van der Waals surface area (Å²) in [5.74, 6) is 0.912. The van der Waals surface area contributed by atoms with Gasteiger partial charge < -0.3 is 9.52 Å². The smallest absolute Gasteiger partial charge is 0.246 e. The van der Waals surface area contributed by atoms with Crippen LogP contribution in [0.25, 0.3) is 0 Å². The van der Waals surface area contributed by atoms with E-state index in [9.17, 15) is 8.42 Å². The average Bonchev–Trinajstić information content (AvgIpc) is 3.08. The van der Waals surface area contributed by atoms with E-state index in [1.54, 1.807) is 11.2 Å². The van der Waals surface area contributed by atoms with E-state index in [-0.39, 0.29) is 29.2 Å². The van der Waals surface area contributed by atoms with Gasteiger partial charge in [-0.1, -0.05) is 13.8 Å². The standard InChI is InChI=1S/C13H21NO4S/c1-9(2)7-14(11-4-5-11)19(16,17)13-6-12(8-15)18-10(13)3/h6,9,11,15H,4-5,7-8H2,1-3H3. The molecule has 0 unspecified atom stereocenters. The summed E-state index contributed by atoms with van der Waals surface area (Å²) in [7, 11) is -3.52. The largest absolute Gasteiger partial charge is 0.462 e. The molecule has 0 aliphatic heterocycles. The van der Waals surface area contributed by atoms with Crippen LogP contribution in [0.5, 0.6) is 0 Å². The molecule has 1 aliphatic rings. The van der Waals surface area contributed by atoms with Gasteiger partial charge in [0.2, 0.25) is 10.0 Å². The number of furan rings is 1. The topological polar surface area (TPSA) is 70.8 Å². The van der Waals surface area contributed by atoms with Crippen LogP contribution in [0.1, 0.15) is 38.2 Å². The maximum atomic E-state index is 12.7. The monoisotopic (exact) mass is 287 g/mol. The number of aryl methyl sites for hydroxylation is 1. The molecule has 19 heavy (non-hydrogen) atoms. The highest BCUT2D eigenvalue weighted by Gasteiger charge is 2.39. The molecule has 1 saturated carbocycles. The van der Waals surface area contributed by atoms with Crippen molar-refractivity contribution in [2.45, 2.75) is 51.2 Å². The van der Waals surface area contributed by atoms with E-state index < -0.39 is 10.0 Å². The minimum atomic E-state index is -3.52. The van der Waals surface area contributed by atoms with Crippen LogP contribution in [0, 0.1) is 12.8 Å². The van der Waals surface area contributed by atoms with Gasteiger partial charge >= 0.3 is 0 Å². The van der Waals surface area contributed by atoms with Crippen LogP contribution in [-0.2, 0) is 16.6 Å². The second kappa shape index (κ2) is 5.26. The van der Waals surface area contributed by atoms with E-state index in [4.69, 9.17) is 9.52 Å². The number of rotatable bonds is 6. The highest BCUT2D eigenvalue weighted by molar-refractivity contribution is 7.89. The lowest BCUT2D eigenvalue weighted by Gasteiger charge is -2.23. The number of aliphatic hydroxyl groups excluding tert-OH is 1. The Morgan fingerprint density at radius 1 is 1.47 bits per heavy atom. The molecule has 1 aromatic rings. The summed E-state index contributed by atoms with van der Waals surface area (Å²) in [6, 6.07) is 1.56. The zero-order valence-corrected chi connectivity index (χ0v) is 12.4. The van der Waals surface area contributed by atoms with Crippen molar-refractivity contribution in [1.82, 2.24) is 4.31 Å². The molecular weight excluding hydrogens is 266 g/mol. The van der Waals surface area contributed by atoms with E-state index >= 15 is 0 Å². The quantitative estimate of drug-likeness (QED) is 0.867. The van der Waals surface area contributed by atoms with Crippen molar-refractivity contribution < 1.29 is 17.9 Å². The Balaban J connectivity index is 2.35. The van der Waals surface area contributed by atoms with Crippen LogP contribution in [0.2, 0.25) is 0 Å². The molecule has 5 nitrogen and oxygen atoms in total. The molecular formula is C13H21NO4S. The Morgan fingerprint density at radius 3 is 2.53 bits per heavy atom. The molecule has 6 heteroatoms. The van der Waals surface area contributed by atoms with Crippen molar-refractivity contribution in [3.8, 4) is 0 Å². The maximum Gasteiger partial charge on any atom is 0.246 e. The zero-order valence-electron chi connectivity index (χ0n) is 11.6. The van der Waals surface area contributed by atoms with Crippen molar-refractivity contribution in [3.05, 3.63) is 17.6 Å². The van der Waals surface area contributed by atoms with Gasteiger partial charge in [0.05, 0.1) is 0 Å². The molecule has 0 spiro atoms. The lowest BCUT2D eigenvalue weighted by molar-refractivity contribution is 0.244. The van der Waals surface area contributed by atoms with E-state index in [0.29, 0.717) is 12.3 Å². The highest BCUT2D eigenvalue weighted by Crippen LogP contribution is 2.34. The van der Waals surface area contributed by atoms with Crippen LogP contribution in [0.3, 0.4) is 0 Å². The van der Waals surface area contributed by atoms with Crippen LogP contribution >= 0.6 is 0 Å². The third-order valence-corrected chi connectivity index (χ3v) is 5.19. The second-order valence-electron chi connectivity index (χ2n) is 5.49. The van der Waals surface area contributed by atoms with Crippen molar-refractivity contribution >= 4 is 10.0 Å². The molecule has 0 atom stereocenters. The first kappa shape index (κ1) is 14.6. The van der Waals surface area contributed by atoms with Gasteiger partial charge in [-0.25, -0.2) is 8.42 Å². The van der Waals surface area contributed by atoms with E-state index in [0.717, 1.165) is 12.8 Å². The van der Waals surface area contributed by atoms with Crippen LogP contribution in [0.4, 0.5) is 0 Å². The van der Waals surface area contributed by atoms with E-state index in [1.165, 1.54) is 6.07 Å². The van der Waals surface area contributed by atoms with Crippen molar-refractivity contribution in [3.63, 3.8) is 0 Å². The predicted octanol–water partition coefficient (Wildman–Crippen LogP) is 1.89. The molecule has 1 aliphatic carbocycles. The summed E-state index contributed by atoms with van der Waals surface area (Å²) in [5, 5.41) is 9.04. The minimum absolute atomic E-state index is 0.124. The minimum Gasteiger partial charge on any atom is -0.462 e. The van der Waals surface area contributed by atoms with Crippen LogP contribution in [0.15, 0.2) is 15.4 Å². The van der Waals surface area contributed by atoms with Crippen molar-refractivity contribution in [1.29, 1.82) is 0 Å². The maximum absolute atomic E-state index is 12.7. The van der Waals surface area contributed by atoms with E-state index in [1.807, 2.05) is 13.8 Å². The molecule has 1 heterocycles. The van der Waals surface area contributed by atoms with Gasteiger partial charge in [-0.2, -0.15) is 4.31 Å². The molecule has 0 bridgehead atoms. The first-order valence-corrected chi connectivity index (χ1v) is 8.02. The summed E-state index contributed by atoms with van der Waals surface area (Å²) >= 11 is 0. The Hall–Kier alpha value is -0.850. The molecule has 1 fully saturated rings. The number of aliphatic hydroxyl groups is 1. The fraction of sp³-hybridized carbons (Fsp3) is 0.692. The molecule has 2 rings (SSSR count). The van der Waals surface area contributed by atoms with Gasteiger partial charge in [0.25, 0.3) is 0 Å². The summed E-state index contributed by atoms with van der Waals surface area (Å²) < 4.78 is 32.2. The molecule has 1 aromatic heterocycles. The Morgan fingerprint density at radius 2 is 2.11 bits per heavy atom. The first-order valence-electron chi connectivity index (χ1n) is 6.58. The molecule has 1 N–H and O–H groups in total. The third-order valence-electron chi connectivity index (χ3n) is 3.16. The lowest BCUT2D eigenvalue weighted by Crippen LogP contribution is -2.36. The van der Waals surface area contributed by atoms with Gasteiger partial charge in [-0.05, 0) is 25.7 Å². The fourth-order valence-corrected chi connectivity index (χ4v) is 4.19. The summed E-state index contributed by atoms with van der Waals surface area (Å²) in [5.41, 5.74) is 0. The normalized spacial score (nSPS) is 16.5. The fourth-order valence-electron chi connectivity index (χ4n) is 2.15. The SMILES string of the molecule is Cc1oc(CO)cc1S(=O)(=O)N(CC(C)C)C1CC1. The third kappa shape index (κ3) is 3.01. The Kier molecular flexibility index (Phi) is 4.03.